The molecule has 1 saturated heterocycles. The van der Waals surface area contributed by atoms with Gasteiger partial charge < -0.3 is 5.32 Å². The van der Waals surface area contributed by atoms with Gasteiger partial charge in [-0.15, -0.1) is 0 Å². The zero-order valence-electron chi connectivity index (χ0n) is 11.3. The number of nitrogens with one attached hydrogen (secondary N) is 2. The fraction of sp³-hybridized carbons (Fsp3) is 0.583. The Hall–Kier alpha value is -1.90. The average Bonchev–Trinajstić information content (AvgIpc) is 3.07. The molecular weight excluding hydrogens is 294 g/mol. The maximum absolute atomic E-state index is 12.1. The van der Waals surface area contributed by atoms with Crippen molar-refractivity contribution in [3.05, 3.63) is 11.4 Å². The third-order valence-corrected chi connectivity index (χ3v) is 4.58. The Morgan fingerprint density at radius 1 is 1.38 bits per heavy atom. The van der Waals surface area contributed by atoms with Gasteiger partial charge in [0.25, 0.3) is 5.24 Å². The molecule has 2 aliphatic rings. The number of fused-ring (bicyclic) bond motifs is 1. The number of nitrogens with zero attached hydrogens (tertiary/aromatic N) is 3. The molecule has 2 heterocycles. The number of aromatic nitrogens is 3. The summed E-state index contributed by atoms with van der Waals surface area (Å²) in [6.45, 7) is 0.525. The molecule has 3 rings (SSSR count). The van der Waals surface area contributed by atoms with Gasteiger partial charge in [-0.05, 0) is 12.8 Å². The van der Waals surface area contributed by atoms with Crippen molar-refractivity contribution in [2.45, 2.75) is 19.3 Å². The Bertz CT molecular complexity index is 571. The SMILES string of the molecule is O=C(NCCN1C(=O)CSC1=O)C1CCc2n[nH]nc2C1. The molecular formula is C12H15N5O3S. The van der Waals surface area contributed by atoms with Crippen LogP contribution in [-0.2, 0) is 22.4 Å². The van der Waals surface area contributed by atoms with Crippen LogP contribution in [0.4, 0.5) is 4.79 Å². The topological polar surface area (TPSA) is 108 Å². The van der Waals surface area contributed by atoms with E-state index in [9.17, 15) is 14.4 Å². The van der Waals surface area contributed by atoms with Crippen molar-refractivity contribution in [3.63, 3.8) is 0 Å². The predicted octanol–water partition coefficient (Wildman–Crippen LogP) is -0.279. The molecule has 1 aromatic heterocycles. The highest BCUT2D eigenvalue weighted by Gasteiger charge is 2.30. The van der Waals surface area contributed by atoms with Gasteiger partial charge in [0, 0.05) is 25.4 Å². The van der Waals surface area contributed by atoms with Gasteiger partial charge in [-0.3, -0.25) is 19.3 Å². The van der Waals surface area contributed by atoms with E-state index in [2.05, 4.69) is 20.7 Å². The van der Waals surface area contributed by atoms with Gasteiger partial charge >= 0.3 is 0 Å². The number of imide groups is 1. The lowest BCUT2D eigenvalue weighted by molar-refractivity contribution is -0.127. The van der Waals surface area contributed by atoms with E-state index in [1.54, 1.807) is 0 Å². The number of rotatable bonds is 4. The summed E-state index contributed by atoms with van der Waals surface area (Å²) in [4.78, 5) is 36.1. The number of hydrogen-bond donors (Lipinski definition) is 2. The van der Waals surface area contributed by atoms with E-state index in [-0.39, 0.29) is 35.3 Å². The minimum atomic E-state index is -0.237. The Labute approximate surface area is 125 Å². The molecule has 112 valence electrons. The maximum Gasteiger partial charge on any atom is 0.288 e. The predicted molar refractivity (Wildman–Crippen MR) is 74.5 cm³/mol. The molecule has 1 aromatic rings. The molecule has 0 radical (unpaired) electrons. The standard InChI is InChI=1S/C12H15N5O3S/c18-10-6-21-12(20)17(10)4-3-13-11(19)7-1-2-8-9(5-7)15-16-14-8/h7H,1-6H2,(H,13,19)(H,14,15,16). The zero-order valence-corrected chi connectivity index (χ0v) is 12.1. The number of thioether (sulfide) groups is 1. The largest absolute Gasteiger partial charge is 0.354 e. The number of carbonyl (C=O) groups is 3. The van der Waals surface area contributed by atoms with Crippen LogP contribution in [0.3, 0.4) is 0 Å². The summed E-state index contributed by atoms with van der Waals surface area (Å²) in [6, 6.07) is 0. The fourth-order valence-corrected chi connectivity index (χ4v) is 3.29. The van der Waals surface area contributed by atoms with Crippen LogP contribution in [0, 0.1) is 5.92 Å². The first-order valence-corrected chi connectivity index (χ1v) is 7.77. The summed E-state index contributed by atoms with van der Waals surface area (Å²) in [5.74, 6) is -0.175. The molecule has 0 aromatic carbocycles. The second-order valence-corrected chi connectivity index (χ2v) is 5.97. The van der Waals surface area contributed by atoms with Crippen molar-refractivity contribution in [3.8, 4) is 0 Å². The monoisotopic (exact) mass is 309 g/mol. The number of carbonyl (C=O) groups excluding carboxylic acids is 3. The van der Waals surface area contributed by atoms with Crippen LogP contribution in [-0.4, -0.2) is 56.2 Å². The van der Waals surface area contributed by atoms with E-state index < -0.39 is 0 Å². The quantitative estimate of drug-likeness (QED) is 0.792. The van der Waals surface area contributed by atoms with Crippen LogP contribution in [0.15, 0.2) is 0 Å². The van der Waals surface area contributed by atoms with E-state index in [1.165, 1.54) is 4.90 Å². The van der Waals surface area contributed by atoms with Crippen LogP contribution in [0.1, 0.15) is 17.8 Å². The number of aryl methyl sites for hydroxylation is 1. The minimum absolute atomic E-state index is 0.0598. The second kappa shape index (κ2) is 5.84. The normalized spacial score (nSPS) is 21.5. The van der Waals surface area contributed by atoms with Crippen LogP contribution in [0.25, 0.3) is 0 Å². The Morgan fingerprint density at radius 3 is 2.95 bits per heavy atom. The summed E-state index contributed by atoms with van der Waals surface area (Å²) < 4.78 is 0. The molecule has 1 fully saturated rings. The molecule has 1 aliphatic carbocycles. The van der Waals surface area contributed by atoms with Crippen LogP contribution in [0.2, 0.25) is 0 Å². The highest BCUT2D eigenvalue weighted by Crippen LogP contribution is 2.22. The van der Waals surface area contributed by atoms with E-state index in [0.29, 0.717) is 13.0 Å². The van der Waals surface area contributed by atoms with Gasteiger partial charge in [0.2, 0.25) is 11.8 Å². The molecule has 21 heavy (non-hydrogen) atoms. The third kappa shape index (κ3) is 2.92. The van der Waals surface area contributed by atoms with Gasteiger partial charge in [0.1, 0.15) is 0 Å². The van der Waals surface area contributed by atoms with E-state index >= 15 is 0 Å². The summed E-state index contributed by atoms with van der Waals surface area (Å²) in [5, 5.41) is 13.2. The zero-order chi connectivity index (χ0) is 14.8. The van der Waals surface area contributed by atoms with Gasteiger partial charge in [0.15, 0.2) is 0 Å². The molecule has 1 unspecified atom stereocenters. The molecule has 8 nitrogen and oxygen atoms in total. The molecule has 0 saturated carbocycles. The molecule has 1 atom stereocenters. The highest BCUT2D eigenvalue weighted by molar-refractivity contribution is 8.14. The first kappa shape index (κ1) is 14.1. The average molecular weight is 309 g/mol. The smallest absolute Gasteiger partial charge is 0.288 e. The minimum Gasteiger partial charge on any atom is -0.354 e. The number of aromatic amines is 1. The second-order valence-electron chi connectivity index (χ2n) is 5.05. The van der Waals surface area contributed by atoms with Crippen molar-refractivity contribution >= 4 is 28.8 Å². The molecule has 0 bridgehead atoms. The van der Waals surface area contributed by atoms with Crippen LogP contribution < -0.4 is 5.32 Å². The molecule has 2 N–H and O–H groups in total. The summed E-state index contributed by atoms with van der Waals surface area (Å²) in [6.07, 6.45) is 2.06. The molecule has 1 aliphatic heterocycles. The van der Waals surface area contributed by atoms with Crippen LogP contribution in [0.5, 0.6) is 0 Å². The van der Waals surface area contributed by atoms with Gasteiger partial charge in [0.05, 0.1) is 17.1 Å². The Balaban J connectivity index is 1.47. The first-order chi connectivity index (χ1) is 10.1. The summed E-state index contributed by atoms with van der Waals surface area (Å²) in [5.41, 5.74) is 1.78. The first-order valence-electron chi connectivity index (χ1n) is 6.78. The lowest BCUT2D eigenvalue weighted by Gasteiger charge is -2.20. The van der Waals surface area contributed by atoms with E-state index in [4.69, 9.17) is 0 Å². The summed E-state index contributed by atoms with van der Waals surface area (Å²) >= 11 is 1.000. The van der Waals surface area contributed by atoms with Crippen molar-refractivity contribution in [1.29, 1.82) is 0 Å². The number of H-pyrrole nitrogens is 1. The lowest BCUT2D eigenvalue weighted by atomic mass is 9.89. The summed E-state index contributed by atoms with van der Waals surface area (Å²) in [7, 11) is 0. The third-order valence-electron chi connectivity index (χ3n) is 3.72. The maximum atomic E-state index is 12.1. The molecule has 3 amide bonds. The van der Waals surface area contributed by atoms with Gasteiger partial charge in [-0.2, -0.15) is 15.4 Å². The van der Waals surface area contributed by atoms with E-state index in [0.717, 1.165) is 36.0 Å². The Kier molecular flexibility index (Phi) is 3.91. The fourth-order valence-electron chi connectivity index (χ4n) is 2.54. The number of hydrogen-bond acceptors (Lipinski definition) is 6. The van der Waals surface area contributed by atoms with Crippen molar-refractivity contribution in [2.24, 2.45) is 5.92 Å². The molecule has 9 heteroatoms. The van der Waals surface area contributed by atoms with E-state index in [1.807, 2.05) is 0 Å². The Morgan fingerprint density at radius 2 is 2.19 bits per heavy atom. The highest BCUT2D eigenvalue weighted by atomic mass is 32.2. The van der Waals surface area contributed by atoms with Crippen LogP contribution >= 0.6 is 11.8 Å². The van der Waals surface area contributed by atoms with Crippen molar-refractivity contribution < 1.29 is 14.4 Å². The van der Waals surface area contributed by atoms with Gasteiger partial charge in [-0.1, -0.05) is 11.8 Å². The number of amides is 3. The van der Waals surface area contributed by atoms with Gasteiger partial charge in [-0.25, -0.2) is 0 Å². The molecule has 0 spiro atoms. The van der Waals surface area contributed by atoms with Crippen molar-refractivity contribution in [2.75, 3.05) is 18.8 Å². The van der Waals surface area contributed by atoms with Crippen molar-refractivity contribution in [1.82, 2.24) is 25.6 Å². The lowest BCUT2D eigenvalue weighted by Crippen LogP contribution is -2.40.